The lowest BCUT2D eigenvalue weighted by atomic mass is 10.1. The molecule has 1 aromatic heterocycles. The molecule has 1 heterocycles. The summed E-state index contributed by atoms with van der Waals surface area (Å²) in [6, 6.07) is 0. The molecule has 1 rings (SSSR count). The maximum atomic E-state index is 11.5. The van der Waals surface area contributed by atoms with Crippen LogP contribution in [0.1, 0.15) is 30.4 Å². The summed E-state index contributed by atoms with van der Waals surface area (Å²) in [7, 11) is 0. The molecule has 0 spiro atoms. The molecule has 0 saturated heterocycles. The third kappa shape index (κ3) is 3.87. The van der Waals surface area contributed by atoms with Gasteiger partial charge in [0.15, 0.2) is 12.0 Å². The molecule has 7 heteroatoms. The highest BCUT2D eigenvalue weighted by molar-refractivity contribution is 7.18. The van der Waals surface area contributed by atoms with Crippen LogP contribution in [0.5, 0.6) is 5.75 Å². The molecule has 1 N–H and O–H groups in total. The number of hydrogen-bond acceptors (Lipinski definition) is 4. The van der Waals surface area contributed by atoms with Crippen molar-refractivity contribution in [2.75, 3.05) is 0 Å². The predicted octanol–water partition coefficient (Wildman–Crippen LogP) is 3.75. The zero-order valence-electron chi connectivity index (χ0n) is 9.47. The van der Waals surface area contributed by atoms with Crippen LogP contribution < -0.4 is 10.1 Å². The van der Waals surface area contributed by atoms with E-state index < -0.39 is 11.6 Å². The van der Waals surface area contributed by atoms with Crippen molar-refractivity contribution in [3.05, 3.63) is 14.2 Å². The van der Waals surface area contributed by atoms with Gasteiger partial charge in [0.2, 0.25) is 0 Å². The SMILES string of the molecule is CC(C)(C)NC(=O)Oc1c(C=O)sc(Cl)c1Cl. The second-order valence-corrected chi connectivity index (χ2v) is 6.30. The highest BCUT2D eigenvalue weighted by Crippen LogP contribution is 2.41. The molecule has 0 atom stereocenters. The summed E-state index contributed by atoms with van der Waals surface area (Å²) in [4.78, 5) is 22.4. The van der Waals surface area contributed by atoms with Gasteiger partial charge in [-0.3, -0.25) is 4.79 Å². The van der Waals surface area contributed by atoms with Gasteiger partial charge in [-0.2, -0.15) is 0 Å². The fourth-order valence-corrected chi connectivity index (χ4v) is 2.29. The van der Waals surface area contributed by atoms with Crippen LogP contribution >= 0.6 is 34.5 Å². The largest absolute Gasteiger partial charge is 0.413 e. The molecule has 0 unspecified atom stereocenters. The van der Waals surface area contributed by atoms with Crippen molar-refractivity contribution < 1.29 is 14.3 Å². The molecule has 0 aliphatic rings. The van der Waals surface area contributed by atoms with E-state index >= 15 is 0 Å². The topological polar surface area (TPSA) is 55.4 Å². The van der Waals surface area contributed by atoms with Crippen molar-refractivity contribution in [2.24, 2.45) is 0 Å². The van der Waals surface area contributed by atoms with Gasteiger partial charge in [-0.1, -0.05) is 23.2 Å². The fraction of sp³-hybridized carbons (Fsp3) is 0.400. The van der Waals surface area contributed by atoms with Crippen molar-refractivity contribution in [1.29, 1.82) is 0 Å². The first-order valence-electron chi connectivity index (χ1n) is 4.67. The molecule has 4 nitrogen and oxygen atoms in total. The lowest BCUT2D eigenvalue weighted by molar-refractivity contribution is 0.112. The Balaban J connectivity index is 2.88. The Hall–Kier alpha value is -0.780. The molecule has 0 fully saturated rings. The Bertz CT molecular complexity index is 451. The van der Waals surface area contributed by atoms with Crippen LogP contribution in [-0.2, 0) is 0 Å². The number of nitrogens with one attached hydrogen (secondary N) is 1. The predicted molar refractivity (Wildman–Crippen MR) is 68.6 cm³/mol. The average Bonchev–Trinajstić information content (AvgIpc) is 2.42. The number of amides is 1. The van der Waals surface area contributed by atoms with E-state index in [1.165, 1.54) is 0 Å². The number of thiophene rings is 1. The summed E-state index contributed by atoms with van der Waals surface area (Å²) in [5, 5.41) is 2.65. The zero-order chi connectivity index (χ0) is 13.2. The first-order chi connectivity index (χ1) is 7.74. The van der Waals surface area contributed by atoms with Crippen molar-refractivity contribution >= 4 is 46.9 Å². The van der Waals surface area contributed by atoms with Gasteiger partial charge in [-0.05, 0) is 20.8 Å². The molecule has 0 aliphatic carbocycles. The highest BCUT2D eigenvalue weighted by atomic mass is 35.5. The molecular formula is C10H11Cl2NO3S. The van der Waals surface area contributed by atoms with E-state index in [-0.39, 0.29) is 20.0 Å². The van der Waals surface area contributed by atoms with Gasteiger partial charge in [-0.25, -0.2) is 4.79 Å². The van der Waals surface area contributed by atoms with E-state index in [9.17, 15) is 9.59 Å². The minimum Gasteiger partial charge on any atom is -0.407 e. The van der Waals surface area contributed by atoms with Crippen molar-refractivity contribution in [2.45, 2.75) is 26.3 Å². The number of aldehydes is 1. The van der Waals surface area contributed by atoms with Crippen molar-refractivity contribution in [1.82, 2.24) is 5.32 Å². The van der Waals surface area contributed by atoms with Crippen molar-refractivity contribution in [3.8, 4) is 5.75 Å². The van der Waals surface area contributed by atoms with E-state index in [1.54, 1.807) is 20.8 Å². The fourth-order valence-electron chi connectivity index (χ4n) is 0.982. The van der Waals surface area contributed by atoms with Crippen LogP contribution in [0.4, 0.5) is 4.79 Å². The minimum absolute atomic E-state index is 0.00147. The van der Waals surface area contributed by atoms with Gasteiger partial charge in [0.1, 0.15) is 14.2 Å². The van der Waals surface area contributed by atoms with Gasteiger partial charge in [0, 0.05) is 5.54 Å². The van der Waals surface area contributed by atoms with Crippen LogP contribution in [0.25, 0.3) is 0 Å². The molecule has 0 aromatic carbocycles. The van der Waals surface area contributed by atoms with Crippen LogP contribution in [0, 0.1) is 0 Å². The summed E-state index contributed by atoms with van der Waals surface area (Å²) in [6.07, 6.45) is -0.140. The van der Waals surface area contributed by atoms with Crippen LogP contribution in [0.3, 0.4) is 0 Å². The van der Waals surface area contributed by atoms with Gasteiger partial charge >= 0.3 is 6.09 Å². The Labute approximate surface area is 113 Å². The molecule has 1 amide bonds. The number of halogens is 2. The molecule has 0 radical (unpaired) electrons. The van der Waals surface area contributed by atoms with Gasteiger partial charge in [0.05, 0.1) is 0 Å². The Morgan fingerprint density at radius 1 is 1.41 bits per heavy atom. The van der Waals surface area contributed by atoms with Gasteiger partial charge < -0.3 is 10.1 Å². The lowest BCUT2D eigenvalue weighted by Gasteiger charge is -2.19. The summed E-state index contributed by atoms with van der Waals surface area (Å²) in [6.45, 7) is 5.41. The normalized spacial score (nSPS) is 11.1. The second-order valence-electron chi connectivity index (χ2n) is 4.27. The lowest BCUT2D eigenvalue weighted by Crippen LogP contribution is -2.42. The van der Waals surface area contributed by atoms with Crippen molar-refractivity contribution in [3.63, 3.8) is 0 Å². The monoisotopic (exact) mass is 295 g/mol. The third-order valence-electron chi connectivity index (χ3n) is 1.57. The number of carbonyl (C=O) groups excluding carboxylic acids is 2. The van der Waals surface area contributed by atoms with E-state index in [1.807, 2.05) is 0 Å². The molecule has 94 valence electrons. The van der Waals surface area contributed by atoms with E-state index in [0.29, 0.717) is 6.29 Å². The summed E-state index contributed by atoms with van der Waals surface area (Å²) >= 11 is 12.5. The first kappa shape index (κ1) is 14.3. The summed E-state index contributed by atoms with van der Waals surface area (Å²) in [5.41, 5.74) is -0.440. The minimum atomic E-state index is -0.683. The maximum absolute atomic E-state index is 11.5. The number of rotatable bonds is 2. The van der Waals surface area contributed by atoms with E-state index in [4.69, 9.17) is 27.9 Å². The number of carbonyl (C=O) groups is 2. The Kier molecular flexibility index (Phi) is 4.41. The van der Waals surface area contributed by atoms with Crippen LogP contribution in [0.2, 0.25) is 9.36 Å². The quantitative estimate of drug-likeness (QED) is 0.845. The number of hydrogen-bond donors (Lipinski definition) is 1. The van der Waals surface area contributed by atoms with Gasteiger partial charge in [0.25, 0.3) is 0 Å². The zero-order valence-corrected chi connectivity index (χ0v) is 11.8. The first-order valence-corrected chi connectivity index (χ1v) is 6.25. The standard InChI is InChI=1S/C10H11Cl2NO3S/c1-10(2,3)13-9(15)16-7-5(4-14)17-8(12)6(7)11/h4H,1-3H3,(H,13,15). The Morgan fingerprint density at radius 2 is 2.00 bits per heavy atom. The highest BCUT2D eigenvalue weighted by Gasteiger charge is 2.22. The van der Waals surface area contributed by atoms with Gasteiger partial charge in [-0.15, -0.1) is 11.3 Å². The smallest absolute Gasteiger partial charge is 0.407 e. The number of ether oxygens (including phenoxy) is 1. The van der Waals surface area contributed by atoms with E-state index in [2.05, 4.69) is 5.32 Å². The summed E-state index contributed by atoms with van der Waals surface area (Å²) < 4.78 is 5.19. The second kappa shape index (κ2) is 5.25. The van der Waals surface area contributed by atoms with Crippen LogP contribution in [0.15, 0.2) is 0 Å². The molecule has 0 bridgehead atoms. The molecule has 0 saturated carbocycles. The van der Waals surface area contributed by atoms with E-state index in [0.717, 1.165) is 11.3 Å². The molecule has 17 heavy (non-hydrogen) atoms. The molecule has 0 aliphatic heterocycles. The average molecular weight is 296 g/mol. The molecule has 1 aromatic rings. The Morgan fingerprint density at radius 3 is 2.47 bits per heavy atom. The molecular weight excluding hydrogens is 285 g/mol. The van der Waals surface area contributed by atoms with Crippen LogP contribution in [-0.4, -0.2) is 17.9 Å². The maximum Gasteiger partial charge on any atom is 0.413 e. The summed E-state index contributed by atoms with van der Waals surface area (Å²) in [5.74, 6) is -0.00147. The third-order valence-corrected chi connectivity index (χ3v) is 3.45.